The molecule has 1 aromatic carbocycles. The van der Waals surface area contributed by atoms with Crippen molar-refractivity contribution in [2.24, 2.45) is 0 Å². The van der Waals surface area contributed by atoms with Crippen LogP contribution in [0.1, 0.15) is 19.8 Å². The maximum atomic E-state index is 13.5. The topological polar surface area (TPSA) is 47.6 Å². The highest BCUT2D eigenvalue weighted by Crippen LogP contribution is 2.25. The summed E-state index contributed by atoms with van der Waals surface area (Å²) in [5, 5.41) is 3.11. The van der Waals surface area contributed by atoms with E-state index >= 15 is 0 Å². The van der Waals surface area contributed by atoms with Crippen molar-refractivity contribution >= 4 is 5.97 Å². The van der Waals surface area contributed by atoms with Gasteiger partial charge in [-0.25, -0.2) is 13.6 Å². The second kappa shape index (κ2) is 5.75. The number of carbonyl (C=O) groups excluding carboxylic acids is 1. The van der Waals surface area contributed by atoms with Gasteiger partial charge in [-0.05, 0) is 31.9 Å². The van der Waals surface area contributed by atoms with E-state index in [0.29, 0.717) is 0 Å². The summed E-state index contributed by atoms with van der Waals surface area (Å²) in [7, 11) is 1.28. The van der Waals surface area contributed by atoms with Crippen LogP contribution in [0.15, 0.2) is 18.2 Å². The largest absolute Gasteiger partial charge is 0.488 e. The van der Waals surface area contributed by atoms with E-state index in [0.717, 1.165) is 31.0 Å². The molecule has 6 heteroatoms. The van der Waals surface area contributed by atoms with Crippen LogP contribution in [-0.4, -0.2) is 31.3 Å². The van der Waals surface area contributed by atoms with Gasteiger partial charge in [-0.2, -0.15) is 0 Å². The highest BCUT2D eigenvalue weighted by atomic mass is 19.1. The molecule has 0 radical (unpaired) electrons. The zero-order valence-corrected chi connectivity index (χ0v) is 11.4. The lowest BCUT2D eigenvalue weighted by Gasteiger charge is -2.28. The molecule has 0 saturated heterocycles. The fraction of sp³-hybridized carbons (Fsp3) is 0.500. The normalized spacial score (nSPS) is 17.4. The van der Waals surface area contributed by atoms with E-state index in [1.807, 2.05) is 0 Å². The number of hydrogen-bond acceptors (Lipinski definition) is 4. The van der Waals surface area contributed by atoms with Crippen LogP contribution in [0, 0.1) is 11.6 Å². The first-order chi connectivity index (χ1) is 9.44. The molecule has 0 aliphatic heterocycles. The SMILES string of the molecule is COC(=O)C(C)(COc1cc(F)ccc1F)NC1CC1. The number of carbonyl (C=O) groups is 1. The molecule has 0 spiro atoms. The maximum Gasteiger partial charge on any atom is 0.329 e. The number of nitrogens with one attached hydrogen (secondary N) is 1. The molecule has 0 amide bonds. The Hall–Kier alpha value is -1.69. The molecular formula is C14H17F2NO3. The number of rotatable bonds is 6. The van der Waals surface area contributed by atoms with Gasteiger partial charge in [-0.1, -0.05) is 0 Å². The summed E-state index contributed by atoms with van der Waals surface area (Å²) in [5.41, 5.74) is -1.09. The van der Waals surface area contributed by atoms with Crippen molar-refractivity contribution in [1.29, 1.82) is 0 Å². The lowest BCUT2D eigenvalue weighted by Crippen LogP contribution is -2.55. The molecule has 4 nitrogen and oxygen atoms in total. The number of hydrogen-bond donors (Lipinski definition) is 1. The van der Waals surface area contributed by atoms with Gasteiger partial charge in [-0.15, -0.1) is 0 Å². The van der Waals surface area contributed by atoms with Gasteiger partial charge >= 0.3 is 5.97 Å². The molecule has 2 rings (SSSR count). The molecule has 20 heavy (non-hydrogen) atoms. The number of ether oxygens (including phenoxy) is 2. The molecule has 0 heterocycles. The van der Waals surface area contributed by atoms with Crippen LogP contribution in [0.3, 0.4) is 0 Å². The van der Waals surface area contributed by atoms with Gasteiger partial charge in [0, 0.05) is 12.1 Å². The van der Waals surface area contributed by atoms with Crippen molar-refractivity contribution in [3.63, 3.8) is 0 Å². The fourth-order valence-electron chi connectivity index (χ4n) is 1.87. The summed E-state index contributed by atoms with van der Waals surface area (Å²) in [6, 6.07) is 3.17. The van der Waals surface area contributed by atoms with Crippen molar-refractivity contribution in [3.8, 4) is 5.75 Å². The van der Waals surface area contributed by atoms with Gasteiger partial charge in [0.2, 0.25) is 0 Å². The highest BCUT2D eigenvalue weighted by Gasteiger charge is 2.40. The Bertz CT molecular complexity index is 505. The maximum absolute atomic E-state index is 13.5. The Morgan fingerprint density at radius 2 is 2.15 bits per heavy atom. The van der Waals surface area contributed by atoms with Gasteiger partial charge in [-0.3, -0.25) is 5.32 Å². The molecule has 1 aliphatic rings. The van der Waals surface area contributed by atoms with E-state index in [-0.39, 0.29) is 18.4 Å². The van der Waals surface area contributed by atoms with E-state index in [2.05, 4.69) is 5.32 Å². The monoisotopic (exact) mass is 285 g/mol. The summed E-state index contributed by atoms with van der Waals surface area (Å²) < 4.78 is 36.5. The molecule has 110 valence electrons. The van der Waals surface area contributed by atoms with Gasteiger partial charge in [0.1, 0.15) is 18.0 Å². The van der Waals surface area contributed by atoms with Crippen molar-refractivity contribution in [1.82, 2.24) is 5.32 Å². The van der Waals surface area contributed by atoms with Crippen LogP contribution in [-0.2, 0) is 9.53 Å². The van der Waals surface area contributed by atoms with Gasteiger partial charge in [0.05, 0.1) is 7.11 Å². The minimum Gasteiger partial charge on any atom is -0.488 e. The highest BCUT2D eigenvalue weighted by molar-refractivity contribution is 5.80. The second-order valence-corrected chi connectivity index (χ2v) is 5.11. The summed E-state index contributed by atoms with van der Waals surface area (Å²) in [5.74, 6) is -2.00. The third-order valence-electron chi connectivity index (χ3n) is 3.15. The fourth-order valence-corrected chi connectivity index (χ4v) is 1.87. The zero-order valence-electron chi connectivity index (χ0n) is 11.4. The molecule has 1 aliphatic carbocycles. The number of benzene rings is 1. The standard InChI is InChI=1S/C14H17F2NO3/c1-14(13(18)19-2,17-10-4-5-10)8-20-12-7-9(15)3-6-11(12)16/h3,6-7,10,17H,4-5,8H2,1-2H3. The Morgan fingerprint density at radius 1 is 1.45 bits per heavy atom. The molecule has 1 unspecified atom stereocenters. The van der Waals surface area contributed by atoms with E-state index in [4.69, 9.17) is 9.47 Å². The van der Waals surface area contributed by atoms with Crippen LogP contribution < -0.4 is 10.1 Å². The summed E-state index contributed by atoms with van der Waals surface area (Å²) in [6.07, 6.45) is 1.95. The first kappa shape index (κ1) is 14.7. The summed E-state index contributed by atoms with van der Waals surface area (Å²) in [4.78, 5) is 11.8. The molecule has 1 saturated carbocycles. The Balaban J connectivity index is 2.07. The zero-order chi connectivity index (χ0) is 14.8. The van der Waals surface area contributed by atoms with E-state index in [9.17, 15) is 13.6 Å². The van der Waals surface area contributed by atoms with Crippen molar-refractivity contribution in [2.75, 3.05) is 13.7 Å². The van der Waals surface area contributed by atoms with Gasteiger partial charge in [0.15, 0.2) is 11.6 Å². The summed E-state index contributed by atoms with van der Waals surface area (Å²) >= 11 is 0. The lowest BCUT2D eigenvalue weighted by molar-refractivity contribution is -0.149. The van der Waals surface area contributed by atoms with Gasteiger partial charge < -0.3 is 9.47 Å². The minimum atomic E-state index is -1.09. The Morgan fingerprint density at radius 3 is 2.75 bits per heavy atom. The Kier molecular flexibility index (Phi) is 4.23. The second-order valence-electron chi connectivity index (χ2n) is 5.11. The third-order valence-corrected chi connectivity index (χ3v) is 3.15. The summed E-state index contributed by atoms with van der Waals surface area (Å²) in [6.45, 7) is 1.48. The predicted octanol–water partition coefficient (Wildman–Crippen LogP) is 2.03. The quantitative estimate of drug-likeness (QED) is 0.812. The first-order valence-corrected chi connectivity index (χ1v) is 6.38. The minimum absolute atomic E-state index is 0.142. The molecule has 0 bridgehead atoms. The molecule has 1 fully saturated rings. The van der Waals surface area contributed by atoms with Gasteiger partial charge in [0.25, 0.3) is 0 Å². The molecule has 0 aromatic heterocycles. The number of methoxy groups -OCH3 is 1. The lowest BCUT2D eigenvalue weighted by atomic mass is 10.0. The molecular weight excluding hydrogens is 268 g/mol. The average Bonchev–Trinajstić information content (AvgIpc) is 3.22. The average molecular weight is 285 g/mol. The van der Waals surface area contributed by atoms with Crippen LogP contribution in [0.25, 0.3) is 0 Å². The third kappa shape index (κ3) is 3.45. The first-order valence-electron chi connectivity index (χ1n) is 6.38. The number of halogens is 2. The van der Waals surface area contributed by atoms with Crippen molar-refractivity contribution in [3.05, 3.63) is 29.8 Å². The smallest absolute Gasteiger partial charge is 0.329 e. The van der Waals surface area contributed by atoms with Crippen LogP contribution in [0.2, 0.25) is 0 Å². The molecule has 1 atom stereocenters. The van der Waals surface area contributed by atoms with E-state index < -0.39 is 23.1 Å². The van der Waals surface area contributed by atoms with Crippen LogP contribution in [0.4, 0.5) is 8.78 Å². The van der Waals surface area contributed by atoms with Crippen LogP contribution in [0.5, 0.6) is 5.75 Å². The van der Waals surface area contributed by atoms with Crippen molar-refractivity contribution in [2.45, 2.75) is 31.3 Å². The number of esters is 1. The van der Waals surface area contributed by atoms with E-state index in [1.165, 1.54) is 7.11 Å². The molecule has 1 N–H and O–H groups in total. The van der Waals surface area contributed by atoms with E-state index in [1.54, 1.807) is 6.92 Å². The predicted molar refractivity (Wildman–Crippen MR) is 68.4 cm³/mol. The van der Waals surface area contributed by atoms with Crippen LogP contribution >= 0.6 is 0 Å². The van der Waals surface area contributed by atoms with Crippen molar-refractivity contribution < 1.29 is 23.0 Å². The Labute approximate surface area is 116 Å². The molecule has 1 aromatic rings.